The van der Waals surface area contributed by atoms with Crippen molar-refractivity contribution in [3.8, 4) is 0 Å². The fourth-order valence-electron chi connectivity index (χ4n) is 3.43. The van der Waals surface area contributed by atoms with E-state index in [2.05, 4.69) is 4.90 Å². The summed E-state index contributed by atoms with van der Waals surface area (Å²) < 4.78 is 23.8. The van der Waals surface area contributed by atoms with Gasteiger partial charge in [0.1, 0.15) is 0 Å². The number of piperazine rings is 1. The number of rotatable bonds is 2. The van der Waals surface area contributed by atoms with Crippen LogP contribution in [0.5, 0.6) is 0 Å². The summed E-state index contributed by atoms with van der Waals surface area (Å²) in [4.78, 5) is 18.5. The van der Waals surface area contributed by atoms with E-state index in [1.807, 2.05) is 21.6 Å². The number of hydrogen-bond donors (Lipinski definition) is 0. The van der Waals surface area contributed by atoms with Crippen LogP contribution in [0.4, 0.5) is 4.79 Å². The third-order valence-corrected chi connectivity index (χ3v) is 8.05. The van der Waals surface area contributed by atoms with Crippen LogP contribution in [0.2, 0.25) is 0 Å². The van der Waals surface area contributed by atoms with Crippen molar-refractivity contribution in [3.05, 3.63) is 0 Å². The van der Waals surface area contributed by atoms with E-state index in [0.717, 1.165) is 63.6 Å². The highest BCUT2D eigenvalue weighted by Crippen LogP contribution is 2.21. The summed E-state index contributed by atoms with van der Waals surface area (Å²) in [5, 5.41) is -0.186. The molecule has 1 unspecified atom stereocenters. The van der Waals surface area contributed by atoms with Crippen molar-refractivity contribution < 1.29 is 13.2 Å². The van der Waals surface area contributed by atoms with Crippen molar-refractivity contribution in [1.29, 1.82) is 0 Å². The maximum Gasteiger partial charge on any atom is 0.320 e. The van der Waals surface area contributed by atoms with E-state index in [1.165, 1.54) is 0 Å². The zero-order valence-electron chi connectivity index (χ0n) is 12.9. The van der Waals surface area contributed by atoms with Gasteiger partial charge in [0.05, 0.1) is 11.0 Å². The lowest BCUT2D eigenvalue weighted by atomic mass is 10.2. The summed E-state index contributed by atoms with van der Waals surface area (Å²) >= 11 is 1.90. The smallest absolute Gasteiger partial charge is 0.320 e. The molecular formula is C14H25N3O3S2. The van der Waals surface area contributed by atoms with Crippen molar-refractivity contribution in [3.63, 3.8) is 0 Å². The van der Waals surface area contributed by atoms with Gasteiger partial charge in [-0.05, 0) is 12.8 Å². The number of hydrogen-bond acceptors (Lipinski definition) is 5. The van der Waals surface area contributed by atoms with Gasteiger partial charge in [-0.1, -0.05) is 0 Å². The summed E-state index contributed by atoms with van der Waals surface area (Å²) in [5.74, 6) is 2.42. The van der Waals surface area contributed by atoms with Crippen molar-refractivity contribution in [2.75, 3.05) is 63.1 Å². The first-order valence-corrected chi connectivity index (χ1v) is 11.0. The van der Waals surface area contributed by atoms with E-state index in [-0.39, 0.29) is 11.3 Å². The number of thioether (sulfide) groups is 1. The van der Waals surface area contributed by atoms with Gasteiger partial charge in [-0.25, -0.2) is 13.2 Å². The summed E-state index contributed by atoms with van der Waals surface area (Å²) in [6.07, 6.45) is 1.60. The van der Waals surface area contributed by atoms with Gasteiger partial charge in [-0.2, -0.15) is 11.8 Å². The Morgan fingerprint density at radius 3 is 2.23 bits per heavy atom. The third kappa shape index (κ3) is 3.71. The minimum Gasteiger partial charge on any atom is -0.323 e. The maximum absolute atomic E-state index is 12.4. The van der Waals surface area contributed by atoms with E-state index in [0.29, 0.717) is 12.3 Å². The molecule has 0 spiro atoms. The zero-order chi connectivity index (χ0) is 15.6. The monoisotopic (exact) mass is 347 g/mol. The Hall–Kier alpha value is -0.470. The molecule has 0 aromatic carbocycles. The van der Waals surface area contributed by atoms with Crippen LogP contribution in [-0.2, 0) is 9.84 Å². The van der Waals surface area contributed by atoms with Crippen molar-refractivity contribution >= 4 is 27.6 Å². The largest absolute Gasteiger partial charge is 0.323 e. The first-order chi connectivity index (χ1) is 10.6. The molecule has 0 bridgehead atoms. The topological polar surface area (TPSA) is 60.9 Å². The minimum atomic E-state index is -2.87. The average Bonchev–Trinajstić information content (AvgIpc) is 2.87. The van der Waals surface area contributed by atoms with Crippen LogP contribution in [0, 0.1) is 0 Å². The van der Waals surface area contributed by atoms with Gasteiger partial charge in [0.15, 0.2) is 9.84 Å². The molecule has 0 saturated carbocycles. The molecule has 3 aliphatic heterocycles. The fraction of sp³-hybridized carbons (Fsp3) is 0.929. The minimum absolute atomic E-state index is 0.161. The van der Waals surface area contributed by atoms with E-state index < -0.39 is 9.84 Å². The summed E-state index contributed by atoms with van der Waals surface area (Å²) in [6.45, 7) is 5.37. The Labute approximate surface area is 137 Å². The molecule has 3 rings (SSSR count). The maximum atomic E-state index is 12.4. The van der Waals surface area contributed by atoms with Gasteiger partial charge in [0, 0.05) is 57.3 Å². The van der Waals surface area contributed by atoms with E-state index in [1.54, 1.807) is 0 Å². The van der Waals surface area contributed by atoms with Crippen LogP contribution in [-0.4, -0.2) is 97.5 Å². The molecule has 8 heteroatoms. The molecule has 0 N–H and O–H groups in total. The van der Waals surface area contributed by atoms with Gasteiger partial charge in [0.25, 0.3) is 0 Å². The Kier molecular flexibility index (Phi) is 5.19. The molecule has 0 radical (unpaired) electrons. The lowest BCUT2D eigenvalue weighted by molar-refractivity contribution is 0.115. The van der Waals surface area contributed by atoms with Gasteiger partial charge in [-0.3, -0.25) is 4.90 Å². The molecule has 126 valence electrons. The molecule has 6 nitrogen and oxygen atoms in total. The molecular weight excluding hydrogens is 322 g/mol. The van der Waals surface area contributed by atoms with Gasteiger partial charge in [0.2, 0.25) is 0 Å². The molecule has 3 saturated heterocycles. The second-order valence-corrected chi connectivity index (χ2v) is 9.93. The molecule has 3 aliphatic rings. The second kappa shape index (κ2) is 6.97. The summed E-state index contributed by atoms with van der Waals surface area (Å²) in [6, 6.07) is 0.161. The number of sulfone groups is 1. The zero-order valence-corrected chi connectivity index (χ0v) is 14.6. The Morgan fingerprint density at radius 1 is 1.00 bits per heavy atom. The first kappa shape index (κ1) is 16.4. The molecule has 2 amide bonds. The highest BCUT2D eigenvalue weighted by atomic mass is 32.2. The van der Waals surface area contributed by atoms with Crippen LogP contribution in [0.25, 0.3) is 0 Å². The van der Waals surface area contributed by atoms with Crippen LogP contribution in [0.1, 0.15) is 12.8 Å². The SMILES string of the molecule is O=C(N1CCSCC1)N1CCN(CC2CCCS2(=O)=O)CC1. The lowest BCUT2D eigenvalue weighted by Gasteiger charge is -2.39. The fourth-order valence-corrected chi connectivity index (χ4v) is 6.20. The predicted molar refractivity (Wildman–Crippen MR) is 89.1 cm³/mol. The van der Waals surface area contributed by atoms with Crippen LogP contribution in [0.3, 0.4) is 0 Å². The Morgan fingerprint density at radius 2 is 1.64 bits per heavy atom. The highest BCUT2D eigenvalue weighted by Gasteiger charge is 2.34. The lowest BCUT2D eigenvalue weighted by Crippen LogP contribution is -2.55. The Balaban J connectivity index is 1.47. The van der Waals surface area contributed by atoms with Gasteiger partial charge in [-0.15, -0.1) is 0 Å². The molecule has 0 aliphatic carbocycles. The first-order valence-electron chi connectivity index (χ1n) is 8.12. The molecule has 22 heavy (non-hydrogen) atoms. The molecule has 3 fully saturated rings. The van der Waals surface area contributed by atoms with E-state index in [4.69, 9.17) is 0 Å². The van der Waals surface area contributed by atoms with Crippen molar-refractivity contribution in [1.82, 2.24) is 14.7 Å². The van der Waals surface area contributed by atoms with Crippen LogP contribution in [0.15, 0.2) is 0 Å². The van der Waals surface area contributed by atoms with Crippen molar-refractivity contribution in [2.24, 2.45) is 0 Å². The van der Waals surface area contributed by atoms with Gasteiger partial charge < -0.3 is 9.80 Å². The number of carbonyl (C=O) groups is 1. The number of urea groups is 1. The Bertz CT molecular complexity index is 497. The highest BCUT2D eigenvalue weighted by molar-refractivity contribution is 7.99. The van der Waals surface area contributed by atoms with Crippen LogP contribution >= 0.6 is 11.8 Å². The van der Waals surface area contributed by atoms with Crippen molar-refractivity contribution in [2.45, 2.75) is 18.1 Å². The predicted octanol–water partition coefficient (Wildman–Crippen LogP) is 0.350. The number of carbonyl (C=O) groups excluding carboxylic acids is 1. The molecule has 0 aromatic rings. The second-order valence-electron chi connectivity index (χ2n) is 6.30. The molecule has 0 aromatic heterocycles. The molecule has 1 atom stereocenters. The summed E-state index contributed by atoms with van der Waals surface area (Å²) in [5.41, 5.74) is 0. The standard InChI is InChI=1S/C14H25N3O3S2/c18-14(17-7-9-21-10-8-17)16-5-3-15(4-6-16)12-13-2-1-11-22(13,19)20/h13H,1-12H2. The summed E-state index contributed by atoms with van der Waals surface area (Å²) in [7, 11) is -2.87. The van der Waals surface area contributed by atoms with Gasteiger partial charge >= 0.3 is 6.03 Å². The third-order valence-electron chi connectivity index (χ3n) is 4.85. The quantitative estimate of drug-likeness (QED) is 0.721. The normalized spacial score (nSPS) is 29.7. The number of nitrogens with zero attached hydrogens (tertiary/aromatic N) is 3. The number of amides is 2. The average molecular weight is 348 g/mol. The van der Waals surface area contributed by atoms with E-state index in [9.17, 15) is 13.2 Å². The molecule has 3 heterocycles. The van der Waals surface area contributed by atoms with E-state index >= 15 is 0 Å². The van der Waals surface area contributed by atoms with Crippen LogP contribution < -0.4 is 0 Å².